The zero-order chi connectivity index (χ0) is 9.56. The van der Waals surface area contributed by atoms with E-state index in [9.17, 15) is 4.79 Å². The summed E-state index contributed by atoms with van der Waals surface area (Å²) >= 11 is 0. The van der Waals surface area contributed by atoms with Gasteiger partial charge in [0.1, 0.15) is 6.04 Å². The fourth-order valence-corrected chi connectivity index (χ4v) is 1.18. The first-order valence-corrected chi connectivity index (χ1v) is 4.60. The molecular formula is C9H19NO2. The lowest BCUT2D eigenvalue weighted by Crippen LogP contribution is -2.40. The topological polar surface area (TPSA) is 49.3 Å². The van der Waals surface area contributed by atoms with Crippen molar-refractivity contribution in [2.75, 3.05) is 0 Å². The number of carboxylic acids is 1. The predicted molar refractivity (Wildman–Crippen MR) is 49.2 cm³/mol. The van der Waals surface area contributed by atoms with Gasteiger partial charge in [-0.1, -0.05) is 20.3 Å². The maximum absolute atomic E-state index is 10.5. The van der Waals surface area contributed by atoms with Crippen molar-refractivity contribution >= 4 is 5.97 Å². The highest BCUT2D eigenvalue weighted by atomic mass is 16.4. The first kappa shape index (κ1) is 11.4. The Balaban J connectivity index is 3.76. The van der Waals surface area contributed by atoms with Gasteiger partial charge < -0.3 is 10.4 Å². The van der Waals surface area contributed by atoms with Crippen LogP contribution in [0.2, 0.25) is 0 Å². The molecule has 0 heterocycles. The van der Waals surface area contributed by atoms with Crippen LogP contribution in [0.15, 0.2) is 0 Å². The predicted octanol–water partition coefficient (Wildman–Crippen LogP) is 1.63. The third kappa shape index (κ3) is 4.34. The maximum atomic E-state index is 10.5. The number of hydrogen-bond acceptors (Lipinski definition) is 2. The van der Waals surface area contributed by atoms with E-state index in [-0.39, 0.29) is 0 Å². The number of aliphatic carboxylic acids is 1. The van der Waals surface area contributed by atoms with Crippen LogP contribution < -0.4 is 5.32 Å². The first-order valence-electron chi connectivity index (χ1n) is 4.60. The molecule has 2 atom stereocenters. The van der Waals surface area contributed by atoms with Gasteiger partial charge in [-0.2, -0.15) is 0 Å². The molecule has 0 saturated heterocycles. The SMILES string of the molecule is CCC[C@@H](CC)N[C@@H](C)C(=O)O. The first-order chi connectivity index (χ1) is 5.61. The average Bonchev–Trinajstić information content (AvgIpc) is 2.03. The van der Waals surface area contributed by atoms with Crippen LogP contribution in [0.1, 0.15) is 40.0 Å². The minimum Gasteiger partial charge on any atom is -0.480 e. The lowest BCUT2D eigenvalue weighted by Gasteiger charge is -2.18. The summed E-state index contributed by atoms with van der Waals surface area (Å²) < 4.78 is 0. The average molecular weight is 173 g/mol. The summed E-state index contributed by atoms with van der Waals surface area (Å²) in [6.07, 6.45) is 3.14. The Morgan fingerprint density at radius 3 is 2.42 bits per heavy atom. The Kier molecular flexibility index (Phi) is 5.72. The molecule has 0 unspecified atom stereocenters. The van der Waals surface area contributed by atoms with Crippen molar-refractivity contribution in [2.24, 2.45) is 0 Å². The summed E-state index contributed by atoms with van der Waals surface area (Å²) in [5.41, 5.74) is 0. The standard InChI is InChI=1S/C9H19NO2/c1-4-6-8(5-2)10-7(3)9(11)12/h7-8,10H,4-6H2,1-3H3,(H,11,12)/t7-,8+/m0/s1. The molecule has 0 aliphatic carbocycles. The van der Waals surface area contributed by atoms with Crippen molar-refractivity contribution in [3.8, 4) is 0 Å². The molecule has 12 heavy (non-hydrogen) atoms. The molecule has 0 saturated carbocycles. The van der Waals surface area contributed by atoms with Gasteiger partial charge >= 0.3 is 5.97 Å². The Morgan fingerprint density at radius 1 is 1.50 bits per heavy atom. The summed E-state index contributed by atoms with van der Waals surface area (Å²) in [5.74, 6) is -0.774. The quantitative estimate of drug-likeness (QED) is 0.641. The van der Waals surface area contributed by atoms with E-state index in [1.165, 1.54) is 0 Å². The fraction of sp³-hybridized carbons (Fsp3) is 0.889. The molecule has 0 aliphatic heterocycles. The highest BCUT2D eigenvalue weighted by Gasteiger charge is 2.14. The van der Waals surface area contributed by atoms with Gasteiger partial charge in [0.25, 0.3) is 0 Å². The van der Waals surface area contributed by atoms with Gasteiger partial charge in [0.15, 0.2) is 0 Å². The van der Waals surface area contributed by atoms with Gasteiger partial charge in [0.05, 0.1) is 0 Å². The molecule has 0 aliphatic rings. The van der Waals surface area contributed by atoms with E-state index in [1.807, 2.05) is 0 Å². The van der Waals surface area contributed by atoms with E-state index < -0.39 is 12.0 Å². The molecule has 72 valence electrons. The third-order valence-electron chi connectivity index (χ3n) is 1.99. The molecule has 3 nitrogen and oxygen atoms in total. The smallest absolute Gasteiger partial charge is 0.320 e. The van der Waals surface area contributed by atoms with Crippen LogP contribution in [0.5, 0.6) is 0 Å². The zero-order valence-corrected chi connectivity index (χ0v) is 8.13. The van der Waals surface area contributed by atoms with Gasteiger partial charge in [0.2, 0.25) is 0 Å². The van der Waals surface area contributed by atoms with Crippen molar-refractivity contribution in [1.82, 2.24) is 5.32 Å². The molecule has 3 heteroatoms. The van der Waals surface area contributed by atoms with Crippen LogP contribution in [-0.4, -0.2) is 23.2 Å². The molecule has 0 fully saturated rings. The summed E-state index contributed by atoms with van der Waals surface area (Å²) in [5, 5.41) is 11.7. The molecule has 0 bridgehead atoms. The van der Waals surface area contributed by atoms with Crippen molar-refractivity contribution in [3.05, 3.63) is 0 Å². The number of nitrogens with one attached hydrogen (secondary N) is 1. The van der Waals surface area contributed by atoms with E-state index >= 15 is 0 Å². The number of carbonyl (C=O) groups is 1. The van der Waals surface area contributed by atoms with Gasteiger partial charge in [0, 0.05) is 6.04 Å². The number of rotatable bonds is 6. The second-order valence-electron chi connectivity index (χ2n) is 3.12. The largest absolute Gasteiger partial charge is 0.480 e. The highest BCUT2D eigenvalue weighted by Crippen LogP contribution is 2.02. The lowest BCUT2D eigenvalue weighted by atomic mass is 10.1. The normalized spacial score (nSPS) is 15.6. The summed E-state index contributed by atoms with van der Waals surface area (Å²) in [4.78, 5) is 10.5. The van der Waals surface area contributed by atoms with Crippen molar-refractivity contribution in [3.63, 3.8) is 0 Å². The zero-order valence-electron chi connectivity index (χ0n) is 8.13. The molecule has 0 spiro atoms. The molecule has 0 radical (unpaired) electrons. The van der Waals surface area contributed by atoms with Crippen LogP contribution in [-0.2, 0) is 4.79 Å². The van der Waals surface area contributed by atoms with E-state index in [0.717, 1.165) is 19.3 Å². The Bertz CT molecular complexity index is 136. The van der Waals surface area contributed by atoms with Gasteiger partial charge in [-0.3, -0.25) is 4.79 Å². The number of hydrogen-bond donors (Lipinski definition) is 2. The maximum Gasteiger partial charge on any atom is 0.320 e. The molecule has 2 N–H and O–H groups in total. The second kappa shape index (κ2) is 6.00. The Hall–Kier alpha value is -0.570. The molecule has 0 aromatic heterocycles. The van der Waals surface area contributed by atoms with Gasteiger partial charge in [-0.05, 0) is 19.8 Å². The molecule has 0 rings (SSSR count). The second-order valence-corrected chi connectivity index (χ2v) is 3.12. The van der Waals surface area contributed by atoms with E-state index in [1.54, 1.807) is 6.92 Å². The minimum atomic E-state index is -0.774. The monoisotopic (exact) mass is 173 g/mol. The lowest BCUT2D eigenvalue weighted by molar-refractivity contribution is -0.139. The van der Waals surface area contributed by atoms with Crippen molar-refractivity contribution in [1.29, 1.82) is 0 Å². The Morgan fingerprint density at radius 2 is 2.08 bits per heavy atom. The molecule has 0 amide bonds. The number of carboxylic acid groups (broad SMARTS) is 1. The van der Waals surface area contributed by atoms with E-state index in [2.05, 4.69) is 19.2 Å². The van der Waals surface area contributed by atoms with Crippen molar-refractivity contribution in [2.45, 2.75) is 52.1 Å². The Labute approximate surface area is 74.2 Å². The third-order valence-corrected chi connectivity index (χ3v) is 1.99. The van der Waals surface area contributed by atoms with Crippen LogP contribution in [0, 0.1) is 0 Å². The van der Waals surface area contributed by atoms with E-state index in [4.69, 9.17) is 5.11 Å². The fourth-order valence-electron chi connectivity index (χ4n) is 1.18. The van der Waals surface area contributed by atoms with Crippen LogP contribution in [0.3, 0.4) is 0 Å². The van der Waals surface area contributed by atoms with Gasteiger partial charge in [-0.15, -0.1) is 0 Å². The highest BCUT2D eigenvalue weighted by molar-refractivity contribution is 5.72. The van der Waals surface area contributed by atoms with Crippen LogP contribution in [0.25, 0.3) is 0 Å². The van der Waals surface area contributed by atoms with Crippen molar-refractivity contribution < 1.29 is 9.90 Å². The molecule has 0 aromatic rings. The van der Waals surface area contributed by atoms with E-state index in [0.29, 0.717) is 6.04 Å². The summed E-state index contributed by atoms with van der Waals surface area (Å²) in [6, 6.07) is -0.0809. The minimum absolute atomic E-state index is 0.348. The molecule has 0 aromatic carbocycles. The molecular weight excluding hydrogens is 154 g/mol. The van der Waals surface area contributed by atoms with Crippen LogP contribution >= 0.6 is 0 Å². The summed E-state index contributed by atoms with van der Waals surface area (Å²) in [7, 11) is 0. The van der Waals surface area contributed by atoms with Crippen LogP contribution in [0.4, 0.5) is 0 Å². The van der Waals surface area contributed by atoms with Gasteiger partial charge in [-0.25, -0.2) is 0 Å². The summed E-state index contributed by atoms with van der Waals surface area (Å²) in [6.45, 7) is 5.86.